The van der Waals surface area contributed by atoms with Crippen LogP contribution in [0.4, 0.5) is 5.69 Å². The van der Waals surface area contributed by atoms with Crippen LogP contribution in [0.5, 0.6) is 5.75 Å². The number of anilines is 1. The molecule has 2 rings (SSSR count). The molecule has 8 heteroatoms. The van der Waals surface area contributed by atoms with Gasteiger partial charge in [0.15, 0.2) is 15.8 Å². The van der Waals surface area contributed by atoms with Crippen LogP contribution in [0.25, 0.3) is 0 Å². The Hall–Kier alpha value is -1.81. The number of methoxy groups -OCH3 is 1. The van der Waals surface area contributed by atoms with E-state index >= 15 is 0 Å². The Bertz CT molecular complexity index is 839. The Balaban J connectivity index is 0.00000312. The van der Waals surface area contributed by atoms with Crippen molar-refractivity contribution in [3.05, 3.63) is 59.7 Å². The van der Waals surface area contributed by atoms with E-state index in [-0.39, 0.29) is 35.7 Å². The molecule has 136 valence electrons. The molecule has 0 aliphatic rings. The predicted octanol–water partition coefficient (Wildman–Crippen LogP) is 2.78. The molecule has 0 amide bonds. The molecule has 2 aromatic rings. The highest BCUT2D eigenvalue weighted by atomic mass is 127. The summed E-state index contributed by atoms with van der Waals surface area (Å²) in [5.74, 6) is 0.875. The van der Waals surface area contributed by atoms with Gasteiger partial charge < -0.3 is 15.8 Å². The van der Waals surface area contributed by atoms with Crippen LogP contribution < -0.4 is 15.8 Å². The average molecular weight is 475 g/mol. The molecule has 0 bridgehead atoms. The maximum absolute atomic E-state index is 11.5. The zero-order valence-corrected chi connectivity index (χ0v) is 17.2. The van der Waals surface area contributed by atoms with Crippen molar-refractivity contribution in [3.63, 3.8) is 0 Å². The van der Waals surface area contributed by atoms with Gasteiger partial charge in [-0.25, -0.2) is 13.4 Å². The monoisotopic (exact) mass is 475 g/mol. The van der Waals surface area contributed by atoms with Crippen LogP contribution in [0.1, 0.15) is 11.1 Å². The maximum Gasteiger partial charge on any atom is 0.193 e. The number of aliphatic imine (C=N–C) groups is 1. The van der Waals surface area contributed by atoms with Gasteiger partial charge in [-0.3, -0.25) is 0 Å². The topological polar surface area (TPSA) is 93.8 Å². The molecule has 0 aliphatic heterocycles. The van der Waals surface area contributed by atoms with Crippen LogP contribution in [0, 0.1) is 0 Å². The molecule has 2 aromatic carbocycles. The third-order valence-electron chi connectivity index (χ3n) is 3.33. The lowest BCUT2D eigenvalue weighted by atomic mass is 10.1. The first-order valence-electron chi connectivity index (χ1n) is 7.33. The largest absolute Gasteiger partial charge is 0.495 e. The second kappa shape index (κ2) is 9.62. The standard InChI is InChI=1S/C17H21N3O3S.HI/c1-23-16-10-6-5-9-15(16)20-17(18)19-11-13-7-3-4-8-14(13)12-24(2,21)22;/h3-10H,11-12H2,1-2H3,(H3,18,19,20);1H. The van der Waals surface area contributed by atoms with Crippen molar-refractivity contribution in [1.29, 1.82) is 0 Å². The van der Waals surface area contributed by atoms with Crippen LogP contribution in [0.15, 0.2) is 53.5 Å². The van der Waals surface area contributed by atoms with Gasteiger partial charge >= 0.3 is 0 Å². The number of guanidine groups is 1. The van der Waals surface area contributed by atoms with E-state index in [1.807, 2.05) is 42.5 Å². The molecule has 0 aliphatic carbocycles. The maximum atomic E-state index is 11.5. The molecule has 0 aromatic heterocycles. The first-order chi connectivity index (χ1) is 11.4. The van der Waals surface area contributed by atoms with Gasteiger partial charge in [-0.05, 0) is 23.3 Å². The van der Waals surface area contributed by atoms with Gasteiger partial charge in [-0.2, -0.15) is 0 Å². The summed E-state index contributed by atoms with van der Waals surface area (Å²) in [6.07, 6.45) is 1.21. The number of ether oxygens (including phenoxy) is 1. The van der Waals surface area contributed by atoms with Crippen LogP contribution in [0.2, 0.25) is 0 Å². The van der Waals surface area contributed by atoms with Crippen LogP contribution in [-0.4, -0.2) is 27.7 Å². The van der Waals surface area contributed by atoms with Gasteiger partial charge in [0, 0.05) is 6.26 Å². The van der Waals surface area contributed by atoms with Crippen molar-refractivity contribution in [2.75, 3.05) is 18.7 Å². The fourth-order valence-corrected chi connectivity index (χ4v) is 3.08. The summed E-state index contributed by atoms with van der Waals surface area (Å²) in [7, 11) is -1.53. The summed E-state index contributed by atoms with van der Waals surface area (Å²) in [5.41, 5.74) is 8.19. The molecule has 0 radical (unpaired) electrons. The molecular formula is C17H22IN3O3S. The summed E-state index contributed by atoms with van der Waals surface area (Å²) in [4.78, 5) is 4.29. The van der Waals surface area contributed by atoms with E-state index < -0.39 is 9.84 Å². The highest BCUT2D eigenvalue weighted by Gasteiger charge is 2.09. The first-order valence-corrected chi connectivity index (χ1v) is 9.39. The molecule has 0 atom stereocenters. The van der Waals surface area contributed by atoms with Crippen molar-refractivity contribution in [2.24, 2.45) is 10.7 Å². The van der Waals surface area contributed by atoms with Crippen LogP contribution >= 0.6 is 24.0 Å². The molecule has 25 heavy (non-hydrogen) atoms. The predicted molar refractivity (Wildman–Crippen MR) is 112 cm³/mol. The fraction of sp³-hybridized carbons (Fsp3) is 0.235. The highest BCUT2D eigenvalue weighted by molar-refractivity contribution is 14.0. The fourth-order valence-electron chi connectivity index (χ4n) is 2.23. The van der Waals surface area contributed by atoms with E-state index in [9.17, 15) is 8.42 Å². The van der Waals surface area contributed by atoms with E-state index in [4.69, 9.17) is 10.5 Å². The first kappa shape index (κ1) is 21.2. The minimum Gasteiger partial charge on any atom is -0.495 e. The highest BCUT2D eigenvalue weighted by Crippen LogP contribution is 2.22. The van der Waals surface area contributed by atoms with E-state index in [0.717, 1.165) is 11.1 Å². The number of halogens is 1. The van der Waals surface area contributed by atoms with Gasteiger partial charge in [0.05, 0.1) is 25.1 Å². The lowest BCUT2D eigenvalue weighted by molar-refractivity contribution is 0.417. The second-order valence-electron chi connectivity index (χ2n) is 5.37. The summed E-state index contributed by atoms with van der Waals surface area (Å²) in [5, 5.41) is 2.98. The minimum absolute atomic E-state index is 0. The van der Waals surface area contributed by atoms with Crippen LogP contribution in [0.3, 0.4) is 0 Å². The third-order valence-corrected chi connectivity index (χ3v) is 4.16. The molecular weight excluding hydrogens is 453 g/mol. The Morgan fingerprint density at radius 3 is 2.36 bits per heavy atom. The van der Waals surface area contributed by atoms with Gasteiger partial charge in [-0.1, -0.05) is 36.4 Å². The van der Waals surface area contributed by atoms with Gasteiger partial charge in [0.1, 0.15) is 5.75 Å². The number of benzene rings is 2. The summed E-state index contributed by atoms with van der Waals surface area (Å²) in [6.45, 7) is 0.291. The van der Waals surface area contributed by atoms with Crippen molar-refractivity contribution in [2.45, 2.75) is 12.3 Å². The van der Waals surface area contributed by atoms with E-state index in [0.29, 0.717) is 18.0 Å². The summed E-state index contributed by atoms with van der Waals surface area (Å²) >= 11 is 0. The number of nitrogens with two attached hydrogens (primary N) is 1. The molecule has 0 fully saturated rings. The van der Waals surface area contributed by atoms with Gasteiger partial charge in [0.2, 0.25) is 0 Å². The Morgan fingerprint density at radius 2 is 1.72 bits per heavy atom. The SMILES string of the molecule is COc1ccccc1NC(N)=NCc1ccccc1CS(C)(=O)=O.I. The minimum atomic E-state index is -3.11. The van der Waals surface area contributed by atoms with Gasteiger partial charge in [-0.15, -0.1) is 24.0 Å². The number of para-hydroxylation sites is 2. The second-order valence-corrected chi connectivity index (χ2v) is 7.51. The van der Waals surface area contributed by atoms with Crippen molar-refractivity contribution in [3.8, 4) is 5.75 Å². The number of rotatable bonds is 6. The number of hydrogen-bond donors (Lipinski definition) is 2. The molecule has 0 spiro atoms. The molecule has 0 heterocycles. The van der Waals surface area contributed by atoms with Crippen molar-refractivity contribution >= 4 is 45.5 Å². The summed E-state index contributed by atoms with van der Waals surface area (Å²) in [6, 6.07) is 14.7. The quantitative estimate of drug-likeness (QED) is 0.381. The lowest BCUT2D eigenvalue weighted by Gasteiger charge is -2.11. The number of nitrogens with zero attached hydrogens (tertiary/aromatic N) is 1. The lowest BCUT2D eigenvalue weighted by Crippen LogP contribution is -2.23. The van der Waals surface area contributed by atoms with Gasteiger partial charge in [0.25, 0.3) is 0 Å². The molecule has 0 saturated carbocycles. The van der Waals surface area contributed by atoms with Crippen molar-refractivity contribution < 1.29 is 13.2 Å². The van der Waals surface area contributed by atoms with E-state index in [1.54, 1.807) is 13.2 Å². The third kappa shape index (κ3) is 6.91. The van der Waals surface area contributed by atoms with Crippen molar-refractivity contribution in [1.82, 2.24) is 0 Å². The molecule has 0 saturated heterocycles. The Kier molecular flexibility index (Phi) is 8.17. The average Bonchev–Trinajstić information content (AvgIpc) is 2.53. The van der Waals surface area contributed by atoms with Crippen LogP contribution in [-0.2, 0) is 22.1 Å². The smallest absolute Gasteiger partial charge is 0.193 e. The number of sulfone groups is 1. The molecule has 0 unspecified atom stereocenters. The summed E-state index contributed by atoms with van der Waals surface area (Å²) < 4.78 is 28.3. The molecule has 6 nitrogen and oxygen atoms in total. The number of hydrogen-bond acceptors (Lipinski definition) is 4. The van der Waals surface area contributed by atoms with E-state index in [2.05, 4.69) is 10.3 Å². The van der Waals surface area contributed by atoms with E-state index in [1.165, 1.54) is 6.26 Å². The Labute approximate surface area is 165 Å². The number of nitrogens with one attached hydrogen (secondary N) is 1. The molecule has 3 N–H and O–H groups in total. The normalized spacial score (nSPS) is 11.5. The zero-order valence-electron chi connectivity index (χ0n) is 14.1. The Morgan fingerprint density at radius 1 is 1.12 bits per heavy atom. The zero-order chi connectivity index (χ0) is 17.6.